The van der Waals surface area contributed by atoms with Gasteiger partial charge >= 0.3 is 0 Å². The van der Waals surface area contributed by atoms with Crippen molar-refractivity contribution in [3.63, 3.8) is 0 Å². The predicted molar refractivity (Wildman–Crippen MR) is 252 cm³/mol. The topological polar surface area (TPSA) is 154 Å². The molecule has 1 aromatic rings. The summed E-state index contributed by atoms with van der Waals surface area (Å²) in [7, 11) is 2.20. The lowest BCUT2D eigenvalue weighted by atomic mass is 9.80. The first-order chi connectivity index (χ1) is 29.3. The van der Waals surface area contributed by atoms with Crippen molar-refractivity contribution in [1.82, 2.24) is 26.2 Å². The van der Waals surface area contributed by atoms with Crippen LogP contribution < -0.4 is 21.3 Å². The third kappa shape index (κ3) is 21.7. The maximum absolute atomic E-state index is 11.8. The molecule has 1 heterocycles. The molecular weight excluding hydrogens is 787 g/mol. The Bertz CT molecular complexity index is 1440. The van der Waals surface area contributed by atoms with Crippen molar-refractivity contribution in [2.45, 2.75) is 175 Å². The number of fused-ring (bicyclic) bond motifs is 1. The van der Waals surface area contributed by atoms with E-state index in [1.165, 1.54) is 80.8 Å². The highest BCUT2D eigenvalue weighted by Gasteiger charge is 2.33. The zero-order valence-electron chi connectivity index (χ0n) is 38.8. The van der Waals surface area contributed by atoms with Crippen LogP contribution in [-0.2, 0) is 41.6 Å². The maximum atomic E-state index is 11.8. The Hall–Kier alpha value is -3.77. The fraction of sp³-hybridized carbons (Fsp3) is 0.673. The fourth-order valence-corrected chi connectivity index (χ4v) is 8.32. The number of rotatable bonds is 16. The molecule has 11 nitrogen and oxygen atoms in total. The number of Topliss-reactive ketones (excluding diaryl/α,β-unsaturated/α-hetero) is 1. The van der Waals surface area contributed by atoms with Crippen LogP contribution in [0.25, 0.3) is 0 Å². The second kappa shape index (κ2) is 32.0. The van der Waals surface area contributed by atoms with E-state index in [1.54, 1.807) is 5.41 Å². The molecule has 0 aromatic heterocycles. The van der Waals surface area contributed by atoms with Gasteiger partial charge in [0.05, 0.1) is 17.0 Å². The summed E-state index contributed by atoms with van der Waals surface area (Å²) in [5.41, 5.74) is 2.59. The van der Waals surface area contributed by atoms with Gasteiger partial charge < -0.3 is 31.0 Å². The number of nitrogens with zero attached hydrogens (tertiary/aromatic N) is 1. The molecule has 5 atom stereocenters. The van der Waals surface area contributed by atoms with Crippen LogP contribution in [0.3, 0.4) is 0 Å². The maximum Gasteiger partial charge on any atom is 0.289 e. The Morgan fingerprint density at radius 3 is 1.84 bits per heavy atom. The quantitative estimate of drug-likeness (QED) is 0.0739. The number of carbonyl (C=O) groups is 6. The summed E-state index contributed by atoms with van der Waals surface area (Å²) in [6.07, 6.45) is 18.6. The Labute approximate surface area is 373 Å². The predicted octanol–water partition coefficient (Wildman–Crippen LogP) is 8.10. The molecule has 4 N–H and O–H groups in total. The number of aldehydes is 1. The molecule has 5 aliphatic rings. The summed E-state index contributed by atoms with van der Waals surface area (Å²) in [4.78, 5) is 69.7. The van der Waals surface area contributed by atoms with Crippen LogP contribution in [0.15, 0.2) is 47.7 Å². The molecule has 0 radical (unpaired) electrons. The number of likely N-dealkylation sites (tertiary alicyclic amines) is 1. The number of amides is 4. The highest BCUT2D eigenvalue weighted by molar-refractivity contribution is 8.06. The molecule has 12 heteroatoms. The first kappa shape index (κ1) is 55.2. The van der Waals surface area contributed by atoms with Gasteiger partial charge in [0.2, 0.25) is 18.6 Å². The third-order valence-corrected chi connectivity index (χ3v) is 12.4. The molecular formula is C49H81N5O6S. The van der Waals surface area contributed by atoms with Crippen LogP contribution in [0.1, 0.15) is 143 Å². The first-order valence-corrected chi connectivity index (χ1v) is 23.9. The van der Waals surface area contributed by atoms with Gasteiger partial charge in [-0.25, -0.2) is 0 Å². The van der Waals surface area contributed by atoms with E-state index in [1.807, 2.05) is 26.0 Å². The number of carbonyl (C=O) groups excluding carboxylic acids is 6. The monoisotopic (exact) mass is 868 g/mol. The van der Waals surface area contributed by atoms with Gasteiger partial charge in [-0.1, -0.05) is 129 Å². The summed E-state index contributed by atoms with van der Waals surface area (Å²) in [6, 6.07) is 8.43. The molecule has 1 aromatic carbocycles. The summed E-state index contributed by atoms with van der Waals surface area (Å²) in [5, 5.41) is 12.3. The van der Waals surface area contributed by atoms with E-state index in [0.29, 0.717) is 36.0 Å². The van der Waals surface area contributed by atoms with Crippen molar-refractivity contribution in [2.24, 2.45) is 23.7 Å². The Morgan fingerprint density at radius 1 is 0.852 bits per heavy atom. The molecule has 0 spiro atoms. The molecule has 1 aliphatic heterocycles. The number of hydrogen-bond donors (Lipinski definition) is 4. The number of benzene rings is 1. The average molecular weight is 868 g/mol. The Morgan fingerprint density at radius 2 is 1.43 bits per heavy atom. The van der Waals surface area contributed by atoms with Crippen molar-refractivity contribution in [3.05, 3.63) is 58.9 Å². The van der Waals surface area contributed by atoms with Crippen LogP contribution in [0.2, 0.25) is 0 Å². The minimum absolute atomic E-state index is 0.0528. The van der Waals surface area contributed by atoms with Crippen LogP contribution in [0.4, 0.5) is 0 Å². The van der Waals surface area contributed by atoms with Gasteiger partial charge in [-0.2, -0.15) is 0 Å². The van der Waals surface area contributed by atoms with E-state index in [0.717, 1.165) is 56.8 Å². The van der Waals surface area contributed by atoms with Crippen molar-refractivity contribution >= 4 is 48.5 Å². The van der Waals surface area contributed by atoms with Gasteiger partial charge in [-0.3, -0.25) is 24.0 Å². The van der Waals surface area contributed by atoms with Crippen LogP contribution in [-0.4, -0.2) is 85.4 Å². The minimum atomic E-state index is -0.642. The molecule has 4 amide bonds. The van der Waals surface area contributed by atoms with Crippen LogP contribution in [0, 0.1) is 23.7 Å². The van der Waals surface area contributed by atoms with Crippen LogP contribution >= 0.6 is 11.8 Å². The second-order valence-electron chi connectivity index (χ2n) is 17.1. The Balaban J connectivity index is 0.000000401. The highest BCUT2D eigenvalue weighted by Crippen LogP contribution is 2.31. The average Bonchev–Trinajstić information content (AvgIpc) is 3.87. The van der Waals surface area contributed by atoms with Crippen molar-refractivity contribution in [1.29, 1.82) is 0 Å². The lowest BCUT2D eigenvalue weighted by Crippen LogP contribution is -2.46. The molecule has 4 aliphatic carbocycles. The molecule has 344 valence electrons. The fourth-order valence-electron chi connectivity index (χ4n) is 7.95. The molecule has 3 saturated carbocycles. The lowest BCUT2D eigenvalue weighted by Gasteiger charge is -2.28. The standard InChI is InChI=1S/C13H21NOS.C12H18N2O3.C12H13NO2.C7H15N.C3H8.C2H6/c1-4-16-11(3)13(15)14-10(2)12-8-6-5-7-9-12;15-7-13-10(6-8-2-1-3-8)11(16)12(17)14-9-4-5-9;14-7-12(13-8-15)11-5-9-3-1-2-4-10(9)6-11;1-6-4-7(2)8(3)5-6;1-3-2;1-2/h4,10,12H,1,3,5-9H2,2H3,(H,14,15);7-10H,1-6H2,(H,13,15)(H,14,17);1-4,7-8,11-12H,5-6H2,(H,13,15);6-7H,4-5H2,1-3H3;3H2,1-2H3;1-2H3/t;;12-;;;/m..1.../s1. The van der Waals surface area contributed by atoms with E-state index < -0.39 is 17.7 Å². The zero-order chi connectivity index (χ0) is 45.7. The smallest absolute Gasteiger partial charge is 0.289 e. The zero-order valence-corrected chi connectivity index (χ0v) is 39.7. The van der Waals surface area contributed by atoms with Gasteiger partial charge in [0.25, 0.3) is 11.8 Å². The van der Waals surface area contributed by atoms with E-state index in [2.05, 4.69) is 93.1 Å². The number of hydrogen-bond acceptors (Lipinski definition) is 8. The summed E-state index contributed by atoms with van der Waals surface area (Å²) >= 11 is 1.29. The number of ketones is 1. The lowest BCUT2D eigenvalue weighted by molar-refractivity contribution is -0.140. The SMILES string of the molecule is C=CSC(=C)C(=O)NC(C)C1CCCCC1.CC.CC1CC(C)N(C)C1.CCC.O=CNC(CC1CCC1)C(=O)C(=O)NC1CC1.O=CN[C@H](C=O)C1Cc2ccccc2C1. The largest absolute Gasteiger partial charge is 0.349 e. The van der Waals surface area contributed by atoms with Gasteiger partial charge in [-0.05, 0) is 112 Å². The molecule has 6 rings (SSSR count). The molecule has 1 saturated heterocycles. The van der Waals surface area contributed by atoms with Gasteiger partial charge in [0, 0.05) is 24.7 Å². The molecule has 4 fully saturated rings. The van der Waals surface area contributed by atoms with E-state index in [4.69, 9.17) is 0 Å². The number of thioether (sulfide) groups is 1. The first-order valence-electron chi connectivity index (χ1n) is 23.1. The van der Waals surface area contributed by atoms with Gasteiger partial charge in [0.15, 0.2) is 0 Å². The van der Waals surface area contributed by atoms with Crippen molar-refractivity contribution in [3.8, 4) is 0 Å². The molecule has 0 bridgehead atoms. The van der Waals surface area contributed by atoms with E-state index in [-0.39, 0.29) is 30.0 Å². The minimum Gasteiger partial charge on any atom is -0.349 e. The van der Waals surface area contributed by atoms with E-state index in [9.17, 15) is 28.8 Å². The van der Waals surface area contributed by atoms with Gasteiger partial charge in [-0.15, -0.1) is 0 Å². The molecule has 61 heavy (non-hydrogen) atoms. The summed E-state index contributed by atoms with van der Waals surface area (Å²) < 4.78 is 0. The number of nitrogens with one attached hydrogen (secondary N) is 4. The van der Waals surface area contributed by atoms with E-state index >= 15 is 0 Å². The van der Waals surface area contributed by atoms with Crippen molar-refractivity contribution < 1.29 is 28.8 Å². The van der Waals surface area contributed by atoms with Gasteiger partial charge in [0.1, 0.15) is 6.29 Å². The van der Waals surface area contributed by atoms with Crippen molar-refractivity contribution in [2.75, 3.05) is 13.6 Å². The Kier molecular flexibility index (Phi) is 29.0. The normalized spacial score (nSPS) is 20.7. The summed E-state index contributed by atoms with van der Waals surface area (Å²) in [5.74, 6) is 1.15. The highest BCUT2D eigenvalue weighted by atomic mass is 32.2. The molecule has 4 unspecified atom stereocenters. The third-order valence-electron chi connectivity index (χ3n) is 11.8. The summed E-state index contributed by atoms with van der Waals surface area (Å²) in [6.45, 7) is 23.6. The van der Waals surface area contributed by atoms with Crippen LogP contribution in [0.5, 0.6) is 0 Å². The second-order valence-corrected chi connectivity index (χ2v) is 18.1.